The quantitative estimate of drug-likeness (QED) is 0.582. The van der Waals surface area contributed by atoms with Gasteiger partial charge in [0.1, 0.15) is 6.54 Å². The fraction of sp³-hybridized carbons (Fsp3) is 0.286. The highest BCUT2D eigenvalue weighted by Crippen LogP contribution is 2.33. The molecular formula is C21H18F3N3O5. The number of halogens is 3. The molecule has 0 saturated carbocycles. The maximum absolute atomic E-state index is 13.4. The number of rotatable bonds is 6. The first kappa shape index (κ1) is 21.5. The molecule has 1 aliphatic heterocycles. The molecule has 2 aromatic carbocycles. The second kappa shape index (κ2) is 8.40. The molecule has 0 aliphatic carbocycles. The van der Waals surface area contributed by atoms with E-state index in [0.717, 1.165) is 10.1 Å². The van der Waals surface area contributed by atoms with Crippen molar-refractivity contribution in [3.05, 3.63) is 53.9 Å². The van der Waals surface area contributed by atoms with Crippen LogP contribution in [0.15, 0.2) is 42.5 Å². The van der Waals surface area contributed by atoms with E-state index in [9.17, 15) is 22.8 Å². The predicted molar refractivity (Wildman–Crippen MR) is 105 cm³/mol. The van der Waals surface area contributed by atoms with E-state index < -0.39 is 36.5 Å². The molecule has 0 saturated heterocycles. The van der Waals surface area contributed by atoms with E-state index in [-0.39, 0.29) is 24.4 Å². The lowest BCUT2D eigenvalue weighted by atomic mass is 10.2. The first-order chi connectivity index (χ1) is 15.2. The van der Waals surface area contributed by atoms with E-state index in [2.05, 4.69) is 10.3 Å². The fourth-order valence-corrected chi connectivity index (χ4v) is 3.25. The third kappa shape index (κ3) is 4.46. The number of hydrogen-bond acceptors (Lipinski definition) is 6. The average molecular weight is 449 g/mol. The van der Waals surface area contributed by atoms with Crippen LogP contribution in [0.2, 0.25) is 0 Å². The highest BCUT2D eigenvalue weighted by molar-refractivity contribution is 5.84. The summed E-state index contributed by atoms with van der Waals surface area (Å²) in [5, 5.41) is 2.61. The summed E-state index contributed by atoms with van der Waals surface area (Å²) in [4.78, 5) is 28.2. The van der Waals surface area contributed by atoms with Crippen LogP contribution in [-0.2, 0) is 33.6 Å². The highest BCUT2D eigenvalue weighted by Gasteiger charge is 2.38. The van der Waals surface area contributed by atoms with Crippen LogP contribution in [0.1, 0.15) is 18.3 Å². The van der Waals surface area contributed by atoms with Crippen LogP contribution in [0.4, 0.5) is 13.2 Å². The van der Waals surface area contributed by atoms with E-state index >= 15 is 0 Å². The van der Waals surface area contributed by atoms with Crippen LogP contribution in [0.5, 0.6) is 11.5 Å². The number of nitrogens with one attached hydrogen (secondary N) is 1. The second-order valence-corrected chi connectivity index (χ2v) is 7.05. The Morgan fingerprint density at radius 2 is 1.94 bits per heavy atom. The number of nitrogens with zero attached hydrogens (tertiary/aromatic N) is 2. The number of fused-ring (bicyclic) bond motifs is 2. The van der Waals surface area contributed by atoms with Crippen molar-refractivity contribution in [1.82, 2.24) is 14.9 Å². The smallest absolute Gasteiger partial charge is 0.449 e. The summed E-state index contributed by atoms with van der Waals surface area (Å²) in [7, 11) is 0. The van der Waals surface area contributed by atoms with Crippen LogP contribution >= 0.6 is 0 Å². The van der Waals surface area contributed by atoms with Gasteiger partial charge in [-0.1, -0.05) is 18.2 Å². The third-order valence-corrected chi connectivity index (χ3v) is 4.78. The topological polar surface area (TPSA) is 91.7 Å². The summed E-state index contributed by atoms with van der Waals surface area (Å²) in [6, 6.07) is 11.1. The summed E-state index contributed by atoms with van der Waals surface area (Å²) >= 11 is 0. The lowest BCUT2D eigenvalue weighted by Crippen LogP contribution is -2.36. The molecule has 11 heteroatoms. The number of para-hydroxylation sites is 2. The van der Waals surface area contributed by atoms with Gasteiger partial charge in [0.15, 0.2) is 17.6 Å². The first-order valence-corrected chi connectivity index (χ1v) is 9.60. The van der Waals surface area contributed by atoms with Crippen LogP contribution in [0.3, 0.4) is 0 Å². The van der Waals surface area contributed by atoms with Gasteiger partial charge in [0.25, 0.3) is 5.91 Å². The van der Waals surface area contributed by atoms with Gasteiger partial charge in [-0.2, -0.15) is 13.2 Å². The maximum atomic E-state index is 13.4. The lowest BCUT2D eigenvalue weighted by molar-refractivity contribution is -0.157. The Morgan fingerprint density at radius 1 is 1.19 bits per heavy atom. The van der Waals surface area contributed by atoms with Crippen molar-refractivity contribution in [3.8, 4) is 11.5 Å². The zero-order valence-corrected chi connectivity index (χ0v) is 16.8. The average Bonchev–Trinajstić information content (AvgIpc) is 3.36. The van der Waals surface area contributed by atoms with Gasteiger partial charge in [0, 0.05) is 6.54 Å². The van der Waals surface area contributed by atoms with E-state index in [4.69, 9.17) is 14.2 Å². The SMILES string of the molecule is CC(OC(=O)Cn1c(C(F)(F)F)nc2ccccc21)C(=O)NCc1ccc2c(c1)OCO2. The zero-order valence-electron chi connectivity index (χ0n) is 16.8. The van der Waals surface area contributed by atoms with Crippen LogP contribution in [0.25, 0.3) is 11.0 Å². The number of ether oxygens (including phenoxy) is 3. The number of esters is 1. The molecule has 0 radical (unpaired) electrons. The number of carbonyl (C=O) groups excluding carboxylic acids is 2. The van der Waals surface area contributed by atoms with Crippen molar-refractivity contribution in [2.24, 2.45) is 0 Å². The zero-order chi connectivity index (χ0) is 22.9. The molecule has 0 fully saturated rings. The van der Waals surface area contributed by atoms with E-state index in [1.54, 1.807) is 24.3 Å². The molecule has 1 aromatic heterocycles. The van der Waals surface area contributed by atoms with Crippen molar-refractivity contribution < 1.29 is 37.0 Å². The monoisotopic (exact) mass is 449 g/mol. The van der Waals surface area contributed by atoms with Crippen molar-refractivity contribution in [3.63, 3.8) is 0 Å². The standard InChI is InChI=1S/C21H18F3N3O5/c1-12(19(29)25-9-13-6-7-16-17(8-13)31-11-30-16)32-18(28)10-27-15-5-3-2-4-14(15)26-20(27)21(22,23)24/h2-8,12H,9-11H2,1H3,(H,25,29). The van der Waals surface area contributed by atoms with Crippen molar-refractivity contribution in [1.29, 1.82) is 0 Å². The summed E-state index contributed by atoms with van der Waals surface area (Å²) in [5.74, 6) is -1.64. The van der Waals surface area contributed by atoms with Gasteiger partial charge in [0.2, 0.25) is 12.6 Å². The number of hydrogen-bond donors (Lipinski definition) is 1. The summed E-state index contributed by atoms with van der Waals surface area (Å²) < 4.78 is 56.3. The Kier molecular flexibility index (Phi) is 5.64. The Hall–Kier alpha value is -3.76. The first-order valence-electron chi connectivity index (χ1n) is 9.60. The normalized spacial score (nSPS) is 13.8. The molecule has 2 heterocycles. The lowest BCUT2D eigenvalue weighted by Gasteiger charge is -2.15. The minimum absolute atomic E-state index is 0.0992. The molecule has 1 N–H and O–H groups in total. The Labute approximate surface area is 179 Å². The van der Waals surface area contributed by atoms with E-state index in [1.807, 2.05) is 0 Å². The molecule has 8 nitrogen and oxygen atoms in total. The van der Waals surface area contributed by atoms with Gasteiger partial charge < -0.3 is 24.1 Å². The maximum Gasteiger partial charge on any atom is 0.449 e. The summed E-state index contributed by atoms with van der Waals surface area (Å²) in [5.41, 5.74) is 0.972. The van der Waals surface area contributed by atoms with Gasteiger partial charge in [-0.25, -0.2) is 4.98 Å². The minimum atomic E-state index is -4.76. The number of imidazole rings is 1. The Bertz CT molecular complexity index is 1180. The number of aromatic nitrogens is 2. The molecule has 3 aromatic rings. The third-order valence-electron chi connectivity index (χ3n) is 4.78. The van der Waals surface area contributed by atoms with Gasteiger partial charge >= 0.3 is 12.1 Å². The second-order valence-electron chi connectivity index (χ2n) is 7.05. The molecule has 0 bridgehead atoms. The van der Waals surface area contributed by atoms with Crippen LogP contribution in [-0.4, -0.2) is 34.3 Å². The highest BCUT2D eigenvalue weighted by atomic mass is 19.4. The van der Waals surface area contributed by atoms with Gasteiger partial charge in [-0.05, 0) is 36.8 Å². The Morgan fingerprint density at radius 3 is 2.72 bits per heavy atom. The van der Waals surface area contributed by atoms with E-state index in [1.165, 1.54) is 25.1 Å². The molecule has 1 atom stereocenters. The number of carbonyl (C=O) groups is 2. The van der Waals surface area contributed by atoms with Crippen LogP contribution < -0.4 is 14.8 Å². The predicted octanol–water partition coefficient (Wildman–Crippen LogP) is 3.03. The van der Waals surface area contributed by atoms with E-state index in [0.29, 0.717) is 11.5 Å². The summed E-state index contributed by atoms with van der Waals surface area (Å²) in [6.07, 6.45) is -5.96. The molecule has 1 amide bonds. The molecule has 32 heavy (non-hydrogen) atoms. The van der Waals surface area contributed by atoms with Crippen LogP contribution in [0, 0.1) is 0 Å². The van der Waals surface area contributed by atoms with Crippen molar-refractivity contribution >= 4 is 22.9 Å². The number of alkyl halides is 3. The van der Waals surface area contributed by atoms with Gasteiger partial charge in [-0.3, -0.25) is 9.59 Å². The molecule has 4 rings (SSSR count). The largest absolute Gasteiger partial charge is 0.454 e. The molecule has 168 valence electrons. The molecule has 1 aliphatic rings. The molecular weight excluding hydrogens is 431 g/mol. The number of benzene rings is 2. The Balaban J connectivity index is 1.38. The summed E-state index contributed by atoms with van der Waals surface area (Å²) in [6.45, 7) is 0.862. The van der Waals surface area contributed by atoms with Gasteiger partial charge in [0.05, 0.1) is 11.0 Å². The number of amides is 1. The fourth-order valence-electron chi connectivity index (χ4n) is 3.25. The van der Waals surface area contributed by atoms with Crippen molar-refractivity contribution in [2.45, 2.75) is 32.3 Å². The van der Waals surface area contributed by atoms with Gasteiger partial charge in [-0.15, -0.1) is 0 Å². The van der Waals surface area contributed by atoms with Crippen molar-refractivity contribution in [2.75, 3.05) is 6.79 Å². The molecule has 1 unspecified atom stereocenters. The minimum Gasteiger partial charge on any atom is -0.454 e. The molecule has 0 spiro atoms.